The number of aryl methyl sites for hydroxylation is 1. The van der Waals surface area contributed by atoms with Gasteiger partial charge in [0, 0.05) is 50.6 Å². The summed E-state index contributed by atoms with van der Waals surface area (Å²) in [5.41, 5.74) is -0.662. The molecule has 0 bridgehead atoms. The zero-order valence-electron chi connectivity index (χ0n) is 12.2. The first-order valence-electron chi connectivity index (χ1n) is 7.26. The summed E-state index contributed by atoms with van der Waals surface area (Å²) < 4.78 is 41.0. The number of aromatic nitrogens is 3. The molecule has 22 heavy (non-hydrogen) atoms. The van der Waals surface area contributed by atoms with Gasteiger partial charge in [0.2, 0.25) is 0 Å². The number of pyridine rings is 1. The molecule has 2 aromatic heterocycles. The lowest BCUT2D eigenvalue weighted by molar-refractivity contribution is -0.137. The summed E-state index contributed by atoms with van der Waals surface area (Å²) in [7, 11) is 0. The molecule has 2 aromatic rings. The number of alkyl halides is 3. The Labute approximate surface area is 126 Å². The van der Waals surface area contributed by atoms with Crippen LogP contribution in [0.25, 0.3) is 0 Å². The summed E-state index contributed by atoms with van der Waals surface area (Å²) in [5, 5.41) is 0. The van der Waals surface area contributed by atoms with E-state index in [2.05, 4.69) is 14.5 Å². The number of halogens is 3. The Bertz CT molecular complexity index is 644. The molecule has 0 radical (unpaired) electrons. The smallest absolute Gasteiger partial charge is 0.355 e. The van der Waals surface area contributed by atoms with Gasteiger partial charge in [-0.15, -0.1) is 0 Å². The van der Waals surface area contributed by atoms with Crippen molar-refractivity contribution >= 4 is 5.82 Å². The third-order valence-electron chi connectivity index (χ3n) is 3.92. The summed E-state index contributed by atoms with van der Waals surface area (Å²) >= 11 is 0. The van der Waals surface area contributed by atoms with Crippen molar-refractivity contribution in [1.29, 1.82) is 0 Å². The van der Waals surface area contributed by atoms with Gasteiger partial charge in [-0.05, 0) is 12.1 Å². The first kappa shape index (κ1) is 14.9. The number of rotatable bonds is 4. The first-order valence-corrected chi connectivity index (χ1v) is 7.26. The van der Waals surface area contributed by atoms with E-state index in [-0.39, 0.29) is 5.82 Å². The van der Waals surface area contributed by atoms with Gasteiger partial charge in [0.15, 0.2) is 0 Å². The maximum Gasteiger partial charge on any atom is 0.419 e. The fourth-order valence-corrected chi connectivity index (χ4v) is 2.83. The zero-order valence-corrected chi connectivity index (χ0v) is 12.2. The standard InChI is InChI=1S/C15H17F3N4/c1-2-13-19-6-7-21(13)8-11-9-22(10-11)14-12(15(16,17)18)4-3-5-20-14/h3-7,11H,2,8-10H2,1H3. The number of hydrogen-bond donors (Lipinski definition) is 0. The highest BCUT2D eigenvalue weighted by atomic mass is 19.4. The maximum absolute atomic E-state index is 13.0. The molecule has 4 nitrogen and oxygen atoms in total. The average Bonchev–Trinajstić information content (AvgIpc) is 2.88. The van der Waals surface area contributed by atoms with Crippen molar-refractivity contribution in [2.24, 2.45) is 5.92 Å². The normalized spacial score (nSPS) is 15.9. The minimum atomic E-state index is -4.37. The summed E-state index contributed by atoms with van der Waals surface area (Å²) in [5.74, 6) is 1.36. The Morgan fingerprint density at radius 2 is 2.00 bits per heavy atom. The molecule has 0 N–H and O–H groups in total. The van der Waals surface area contributed by atoms with E-state index in [4.69, 9.17) is 0 Å². The summed E-state index contributed by atoms with van der Waals surface area (Å²) in [6.45, 7) is 3.99. The fraction of sp³-hybridized carbons (Fsp3) is 0.467. The van der Waals surface area contributed by atoms with Crippen molar-refractivity contribution in [2.45, 2.75) is 26.1 Å². The number of anilines is 1. The molecule has 118 valence electrons. The van der Waals surface area contributed by atoms with E-state index < -0.39 is 11.7 Å². The van der Waals surface area contributed by atoms with E-state index in [0.717, 1.165) is 24.9 Å². The second-order valence-electron chi connectivity index (χ2n) is 5.49. The molecule has 1 aliphatic heterocycles. The van der Waals surface area contributed by atoms with Gasteiger partial charge in [-0.25, -0.2) is 9.97 Å². The van der Waals surface area contributed by atoms with Gasteiger partial charge in [-0.2, -0.15) is 13.2 Å². The van der Waals surface area contributed by atoms with E-state index in [1.165, 1.54) is 12.3 Å². The van der Waals surface area contributed by atoms with Crippen LogP contribution < -0.4 is 4.90 Å². The van der Waals surface area contributed by atoms with Gasteiger partial charge < -0.3 is 9.47 Å². The zero-order chi connectivity index (χ0) is 15.7. The van der Waals surface area contributed by atoms with Gasteiger partial charge in [-0.1, -0.05) is 6.92 Å². The molecular weight excluding hydrogens is 293 g/mol. The van der Waals surface area contributed by atoms with Gasteiger partial charge in [0.05, 0.1) is 5.56 Å². The Hall–Kier alpha value is -2.05. The minimum absolute atomic E-state index is 0.0348. The van der Waals surface area contributed by atoms with Crippen LogP contribution in [-0.2, 0) is 19.1 Å². The molecule has 0 amide bonds. The lowest BCUT2D eigenvalue weighted by Crippen LogP contribution is -2.49. The Kier molecular flexibility index (Phi) is 3.80. The van der Waals surface area contributed by atoms with Crippen LogP contribution in [-0.4, -0.2) is 27.6 Å². The molecule has 0 spiro atoms. The van der Waals surface area contributed by atoms with E-state index in [9.17, 15) is 13.2 Å². The summed E-state index contributed by atoms with van der Waals surface area (Å²) in [6, 6.07) is 2.41. The molecule has 1 aliphatic rings. The third kappa shape index (κ3) is 2.80. The highest BCUT2D eigenvalue weighted by molar-refractivity contribution is 5.50. The van der Waals surface area contributed by atoms with Crippen LogP contribution in [0.1, 0.15) is 18.3 Å². The SMILES string of the molecule is CCc1nccn1CC1CN(c2ncccc2C(F)(F)F)C1. The van der Waals surface area contributed by atoms with Crippen molar-refractivity contribution in [2.75, 3.05) is 18.0 Å². The quantitative estimate of drug-likeness (QED) is 0.870. The third-order valence-corrected chi connectivity index (χ3v) is 3.92. The van der Waals surface area contributed by atoms with Crippen LogP contribution in [0.5, 0.6) is 0 Å². The fourth-order valence-electron chi connectivity index (χ4n) is 2.83. The second-order valence-corrected chi connectivity index (χ2v) is 5.49. The predicted octanol–water partition coefficient (Wildman–Crippen LogP) is 3.00. The molecular formula is C15H17F3N4. The predicted molar refractivity (Wildman–Crippen MR) is 76.5 cm³/mol. The van der Waals surface area contributed by atoms with Crippen LogP contribution in [0.3, 0.4) is 0 Å². The summed E-state index contributed by atoms with van der Waals surface area (Å²) in [6.07, 6.45) is 1.57. The summed E-state index contributed by atoms with van der Waals surface area (Å²) in [4.78, 5) is 9.87. The molecule has 1 fully saturated rings. The molecule has 1 saturated heterocycles. The lowest BCUT2D eigenvalue weighted by atomic mass is 9.99. The molecule has 3 rings (SSSR count). The Morgan fingerprint density at radius 3 is 2.68 bits per heavy atom. The number of hydrogen-bond acceptors (Lipinski definition) is 3. The van der Waals surface area contributed by atoms with Crippen LogP contribution >= 0.6 is 0 Å². The maximum atomic E-state index is 13.0. The average molecular weight is 310 g/mol. The van der Waals surface area contributed by atoms with Crippen molar-refractivity contribution in [3.63, 3.8) is 0 Å². The van der Waals surface area contributed by atoms with Gasteiger partial charge in [-0.3, -0.25) is 0 Å². The number of imidazole rings is 1. The van der Waals surface area contributed by atoms with E-state index in [0.29, 0.717) is 19.0 Å². The molecule has 0 unspecified atom stereocenters. The molecule has 3 heterocycles. The van der Waals surface area contributed by atoms with Crippen molar-refractivity contribution in [3.05, 3.63) is 42.1 Å². The minimum Gasteiger partial charge on any atom is -0.355 e. The van der Waals surface area contributed by atoms with Crippen LogP contribution in [0.2, 0.25) is 0 Å². The topological polar surface area (TPSA) is 34.0 Å². The highest BCUT2D eigenvalue weighted by Crippen LogP contribution is 2.37. The highest BCUT2D eigenvalue weighted by Gasteiger charge is 2.38. The van der Waals surface area contributed by atoms with E-state index >= 15 is 0 Å². The second kappa shape index (κ2) is 5.62. The Balaban J connectivity index is 1.67. The van der Waals surface area contributed by atoms with Gasteiger partial charge in [0.25, 0.3) is 0 Å². The van der Waals surface area contributed by atoms with E-state index in [1.54, 1.807) is 11.1 Å². The van der Waals surface area contributed by atoms with Crippen LogP contribution in [0, 0.1) is 5.92 Å². The molecule has 7 heteroatoms. The number of nitrogens with zero attached hydrogens (tertiary/aromatic N) is 4. The van der Waals surface area contributed by atoms with Crippen LogP contribution in [0.4, 0.5) is 19.0 Å². The monoisotopic (exact) mass is 310 g/mol. The first-order chi connectivity index (χ1) is 10.5. The molecule has 0 aliphatic carbocycles. The largest absolute Gasteiger partial charge is 0.419 e. The molecule has 0 atom stereocenters. The van der Waals surface area contributed by atoms with Crippen molar-refractivity contribution < 1.29 is 13.2 Å². The van der Waals surface area contributed by atoms with Gasteiger partial charge in [0.1, 0.15) is 11.6 Å². The van der Waals surface area contributed by atoms with Crippen molar-refractivity contribution in [3.8, 4) is 0 Å². The van der Waals surface area contributed by atoms with E-state index in [1.807, 2.05) is 13.1 Å². The molecule has 0 saturated carbocycles. The van der Waals surface area contributed by atoms with Crippen molar-refractivity contribution in [1.82, 2.24) is 14.5 Å². The van der Waals surface area contributed by atoms with Gasteiger partial charge >= 0.3 is 6.18 Å². The molecule has 0 aromatic carbocycles. The lowest BCUT2D eigenvalue weighted by Gasteiger charge is -2.41. The Morgan fingerprint density at radius 1 is 1.23 bits per heavy atom. The van der Waals surface area contributed by atoms with Crippen LogP contribution in [0.15, 0.2) is 30.7 Å².